The fraction of sp³-hybridized carbons (Fsp3) is 0.600. The number of methoxy groups -OCH3 is 1. The van der Waals surface area contributed by atoms with Crippen LogP contribution in [0.1, 0.15) is 17.3 Å². The molecule has 9 nitrogen and oxygen atoms in total. The van der Waals surface area contributed by atoms with Crippen LogP contribution in [0.3, 0.4) is 0 Å². The summed E-state index contributed by atoms with van der Waals surface area (Å²) in [5, 5.41) is 9.50. The Morgan fingerprint density at radius 2 is 1.96 bits per heavy atom. The number of hydrogen-bond donors (Lipinski definition) is 1. The van der Waals surface area contributed by atoms with Crippen LogP contribution in [0.25, 0.3) is 0 Å². The van der Waals surface area contributed by atoms with Crippen LogP contribution in [0.5, 0.6) is 5.88 Å². The highest BCUT2D eigenvalue weighted by Gasteiger charge is 2.33. The van der Waals surface area contributed by atoms with E-state index < -0.39 is 21.6 Å². The van der Waals surface area contributed by atoms with Gasteiger partial charge in [0.2, 0.25) is 15.9 Å². The van der Waals surface area contributed by atoms with E-state index in [1.165, 1.54) is 23.7 Å². The third kappa shape index (κ3) is 4.46. The Bertz CT molecular complexity index is 701. The molecule has 1 fully saturated rings. The molecule has 1 aromatic rings. The number of aromatic nitrogens is 1. The smallest absolute Gasteiger partial charge is 0.342 e. The van der Waals surface area contributed by atoms with E-state index in [1.807, 2.05) is 6.92 Å². The number of aromatic carboxylic acids is 1. The number of carbonyl (C=O) groups is 1. The van der Waals surface area contributed by atoms with Crippen molar-refractivity contribution < 1.29 is 27.8 Å². The van der Waals surface area contributed by atoms with Crippen LogP contribution in [-0.2, 0) is 14.8 Å². The molecule has 2 rings (SSSR count). The van der Waals surface area contributed by atoms with Crippen LogP contribution in [0.2, 0.25) is 0 Å². The third-order valence-electron chi connectivity index (χ3n) is 4.01. The number of nitrogens with zero attached hydrogens (tertiary/aromatic N) is 3. The van der Waals surface area contributed by atoms with Gasteiger partial charge in [-0.25, -0.2) is 18.2 Å². The first kappa shape index (κ1) is 19.6. The zero-order valence-corrected chi connectivity index (χ0v) is 15.2. The lowest BCUT2D eigenvalue weighted by Crippen LogP contribution is -2.48. The summed E-state index contributed by atoms with van der Waals surface area (Å²) in [4.78, 5) is 17.4. The highest BCUT2D eigenvalue weighted by molar-refractivity contribution is 7.89. The van der Waals surface area contributed by atoms with Crippen molar-refractivity contribution in [3.05, 3.63) is 17.8 Å². The second-order valence-corrected chi connectivity index (χ2v) is 7.38. The molecule has 0 unspecified atom stereocenters. The number of piperazine rings is 1. The summed E-state index contributed by atoms with van der Waals surface area (Å²) in [6.07, 6.45) is 1.24. The van der Waals surface area contributed by atoms with Crippen molar-refractivity contribution in [1.82, 2.24) is 14.2 Å². The molecule has 0 amide bonds. The summed E-state index contributed by atoms with van der Waals surface area (Å²) in [5.41, 5.74) is -0.448. The Morgan fingerprint density at radius 3 is 2.52 bits per heavy atom. The number of sulfonamides is 1. The van der Waals surface area contributed by atoms with E-state index in [9.17, 15) is 18.3 Å². The van der Waals surface area contributed by atoms with E-state index in [0.29, 0.717) is 26.2 Å². The molecular formula is C15H23N3O6S. The lowest BCUT2D eigenvalue weighted by molar-refractivity contribution is 0.0683. The molecule has 1 saturated heterocycles. The minimum atomic E-state index is -3.95. The molecule has 0 atom stereocenters. The fourth-order valence-corrected chi connectivity index (χ4v) is 4.18. The molecule has 0 spiro atoms. The predicted octanol–water partition coefficient (Wildman–Crippen LogP) is 0.131. The standard InChI is InChI=1S/C15H23N3O6S/c1-3-17-6-8-18(9-7-17)25(21,22)12-4-5-16-14(13(12)15(19)20)24-11-10-23-2/h4-5H,3,6-11H2,1-2H3,(H,19,20). The maximum Gasteiger partial charge on any atom is 0.342 e. The van der Waals surface area contributed by atoms with Gasteiger partial charge in [0.05, 0.1) is 6.61 Å². The van der Waals surface area contributed by atoms with Crippen molar-refractivity contribution in [3.8, 4) is 5.88 Å². The molecule has 140 valence electrons. The quantitative estimate of drug-likeness (QED) is 0.641. The van der Waals surface area contributed by atoms with Gasteiger partial charge in [0.25, 0.3) is 0 Å². The van der Waals surface area contributed by atoms with Crippen LogP contribution in [0, 0.1) is 0 Å². The minimum absolute atomic E-state index is 0.0719. The Kier molecular flexibility index (Phi) is 6.71. The van der Waals surface area contributed by atoms with E-state index >= 15 is 0 Å². The Hall–Kier alpha value is -1.75. The molecule has 0 radical (unpaired) electrons. The number of likely N-dealkylation sites (N-methyl/N-ethyl adjacent to an activating group) is 1. The molecule has 1 N–H and O–H groups in total. The van der Waals surface area contributed by atoms with Crippen LogP contribution in [0.4, 0.5) is 0 Å². The summed E-state index contributed by atoms with van der Waals surface area (Å²) in [6, 6.07) is 1.20. The average Bonchev–Trinajstić information content (AvgIpc) is 2.61. The monoisotopic (exact) mass is 373 g/mol. The van der Waals surface area contributed by atoms with Gasteiger partial charge in [0.15, 0.2) is 0 Å². The Labute approximate surface area is 147 Å². The van der Waals surface area contributed by atoms with Gasteiger partial charge < -0.3 is 19.5 Å². The van der Waals surface area contributed by atoms with Crippen LogP contribution in [-0.4, -0.2) is 86.7 Å². The third-order valence-corrected chi connectivity index (χ3v) is 5.96. The number of carboxylic acids is 1. The van der Waals surface area contributed by atoms with Gasteiger partial charge in [0.1, 0.15) is 17.1 Å². The molecule has 1 aliphatic heterocycles. The van der Waals surface area contributed by atoms with E-state index in [0.717, 1.165) is 6.54 Å². The molecule has 0 bridgehead atoms. The first-order valence-corrected chi connectivity index (χ1v) is 9.42. The number of carboxylic acid groups (broad SMARTS) is 1. The molecule has 25 heavy (non-hydrogen) atoms. The van der Waals surface area contributed by atoms with Crippen molar-refractivity contribution in [1.29, 1.82) is 0 Å². The van der Waals surface area contributed by atoms with Crippen molar-refractivity contribution in [2.45, 2.75) is 11.8 Å². The maximum atomic E-state index is 12.9. The SMILES string of the molecule is CCN1CCN(S(=O)(=O)c2ccnc(OCCOC)c2C(=O)O)CC1. The molecule has 1 aliphatic rings. The van der Waals surface area contributed by atoms with Gasteiger partial charge in [-0.3, -0.25) is 0 Å². The van der Waals surface area contributed by atoms with Crippen molar-refractivity contribution in [2.75, 3.05) is 53.0 Å². The van der Waals surface area contributed by atoms with Gasteiger partial charge in [-0.1, -0.05) is 6.92 Å². The second-order valence-electron chi connectivity index (χ2n) is 5.47. The van der Waals surface area contributed by atoms with Crippen molar-refractivity contribution in [2.24, 2.45) is 0 Å². The van der Waals surface area contributed by atoms with Gasteiger partial charge in [-0.15, -0.1) is 0 Å². The van der Waals surface area contributed by atoms with Gasteiger partial charge in [-0.05, 0) is 12.6 Å². The molecular weight excluding hydrogens is 350 g/mol. The minimum Gasteiger partial charge on any atom is -0.477 e. The van der Waals surface area contributed by atoms with E-state index in [-0.39, 0.29) is 24.0 Å². The van der Waals surface area contributed by atoms with Crippen LogP contribution in [0.15, 0.2) is 17.2 Å². The van der Waals surface area contributed by atoms with Crippen LogP contribution < -0.4 is 4.74 Å². The van der Waals surface area contributed by atoms with Crippen LogP contribution >= 0.6 is 0 Å². The maximum absolute atomic E-state index is 12.9. The molecule has 0 aromatic carbocycles. The Balaban J connectivity index is 2.33. The predicted molar refractivity (Wildman–Crippen MR) is 89.4 cm³/mol. The summed E-state index contributed by atoms with van der Waals surface area (Å²) in [5.74, 6) is -1.62. The van der Waals surface area contributed by atoms with E-state index in [1.54, 1.807) is 0 Å². The first-order valence-electron chi connectivity index (χ1n) is 7.98. The zero-order valence-electron chi connectivity index (χ0n) is 14.3. The molecule has 0 aliphatic carbocycles. The highest BCUT2D eigenvalue weighted by atomic mass is 32.2. The van der Waals surface area contributed by atoms with E-state index in [4.69, 9.17) is 9.47 Å². The number of rotatable bonds is 8. The molecule has 1 aromatic heterocycles. The molecule has 10 heteroatoms. The lowest BCUT2D eigenvalue weighted by atomic mass is 10.3. The number of ether oxygens (including phenoxy) is 2. The van der Waals surface area contributed by atoms with Crippen molar-refractivity contribution in [3.63, 3.8) is 0 Å². The lowest BCUT2D eigenvalue weighted by Gasteiger charge is -2.33. The van der Waals surface area contributed by atoms with Gasteiger partial charge in [-0.2, -0.15) is 4.31 Å². The normalized spacial score (nSPS) is 16.7. The van der Waals surface area contributed by atoms with E-state index in [2.05, 4.69) is 9.88 Å². The fourth-order valence-electron chi connectivity index (χ4n) is 2.59. The summed E-state index contributed by atoms with van der Waals surface area (Å²) < 4.78 is 37.3. The first-order chi connectivity index (χ1) is 11.9. The summed E-state index contributed by atoms with van der Waals surface area (Å²) in [6.45, 7) is 5.02. The number of hydrogen-bond acceptors (Lipinski definition) is 7. The summed E-state index contributed by atoms with van der Waals surface area (Å²) >= 11 is 0. The molecule has 2 heterocycles. The second kappa shape index (κ2) is 8.56. The largest absolute Gasteiger partial charge is 0.477 e. The zero-order chi connectivity index (χ0) is 18.4. The summed E-state index contributed by atoms with van der Waals surface area (Å²) in [7, 11) is -2.47. The van der Waals surface area contributed by atoms with Gasteiger partial charge in [0, 0.05) is 39.5 Å². The van der Waals surface area contributed by atoms with Gasteiger partial charge >= 0.3 is 5.97 Å². The van der Waals surface area contributed by atoms with Crippen molar-refractivity contribution >= 4 is 16.0 Å². The molecule has 0 saturated carbocycles. The Morgan fingerprint density at radius 1 is 1.28 bits per heavy atom. The highest BCUT2D eigenvalue weighted by Crippen LogP contribution is 2.27. The topological polar surface area (TPSA) is 109 Å². The average molecular weight is 373 g/mol. The number of pyridine rings is 1.